The predicted molar refractivity (Wildman–Crippen MR) is 90.9 cm³/mol. The molecule has 0 atom stereocenters. The van der Waals surface area contributed by atoms with E-state index in [-0.39, 0.29) is 6.03 Å². The highest BCUT2D eigenvalue weighted by Crippen LogP contribution is 2.40. The number of piperidine rings is 1. The molecular weight excluding hydrogens is 344 g/mol. The Morgan fingerprint density at radius 1 is 1.27 bits per heavy atom. The first kappa shape index (κ1) is 15.8. The number of benzene rings is 1. The Kier molecular flexibility index (Phi) is 4.73. The second kappa shape index (κ2) is 6.59. The minimum absolute atomic E-state index is 0.0772. The van der Waals surface area contributed by atoms with Crippen molar-refractivity contribution in [3.05, 3.63) is 28.7 Å². The standard InChI is InChI=1S/C17H23BrN2O2/c18-14-6-3-7-15(12-14)19-16(21)20-10-8-17(22,9-11-20)13-4-1-2-5-13/h3,6-7,12-13,22H,1-2,4-5,8-11H2,(H,19,21). The normalized spacial score (nSPS) is 21.8. The second-order valence-electron chi connectivity index (χ2n) is 6.51. The van der Waals surface area contributed by atoms with Crippen LogP contribution in [0.3, 0.4) is 0 Å². The molecular formula is C17H23BrN2O2. The summed E-state index contributed by atoms with van der Waals surface area (Å²) in [7, 11) is 0. The lowest BCUT2D eigenvalue weighted by Crippen LogP contribution is -2.50. The number of nitrogens with one attached hydrogen (secondary N) is 1. The van der Waals surface area contributed by atoms with Gasteiger partial charge in [-0.05, 0) is 49.8 Å². The Labute approximate surface area is 140 Å². The van der Waals surface area contributed by atoms with Gasteiger partial charge in [-0.1, -0.05) is 34.8 Å². The minimum Gasteiger partial charge on any atom is -0.389 e. The van der Waals surface area contributed by atoms with E-state index in [1.54, 1.807) is 0 Å². The van der Waals surface area contributed by atoms with Crippen molar-refractivity contribution in [2.75, 3.05) is 18.4 Å². The molecule has 120 valence electrons. The first-order valence-corrected chi connectivity index (χ1v) is 8.90. The van der Waals surface area contributed by atoms with E-state index in [0.29, 0.717) is 31.8 Å². The van der Waals surface area contributed by atoms with Gasteiger partial charge in [0.05, 0.1) is 5.60 Å². The molecule has 0 aromatic heterocycles. The fraction of sp³-hybridized carbons (Fsp3) is 0.588. The van der Waals surface area contributed by atoms with Gasteiger partial charge in [0.25, 0.3) is 0 Å². The second-order valence-corrected chi connectivity index (χ2v) is 7.43. The molecule has 1 saturated carbocycles. The summed E-state index contributed by atoms with van der Waals surface area (Å²) in [5.41, 5.74) is 0.235. The number of carbonyl (C=O) groups excluding carboxylic acids is 1. The molecule has 1 aromatic carbocycles. The molecule has 0 bridgehead atoms. The highest BCUT2D eigenvalue weighted by Gasteiger charge is 2.41. The third-order valence-electron chi connectivity index (χ3n) is 5.11. The van der Waals surface area contributed by atoms with Gasteiger partial charge in [0, 0.05) is 23.2 Å². The zero-order chi connectivity index (χ0) is 15.6. The van der Waals surface area contributed by atoms with Crippen LogP contribution in [-0.2, 0) is 0 Å². The topological polar surface area (TPSA) is 52.6 Å². The SMILES string of the molecule is O=C(Nc1cccc(Br)c1)N1CCC(O)(C2CCCC2)CC1. The van der Waals surface area contributed by atoms with Gasteiger partial charge in [-0.3, -0.25) is 0 Å². The molecule has 2 amide bonds. The number of aliphatic hydroxyl groups is 1. The Bertz CT molecular complexity index is 535. The molecule has 0 radical (unpaired) electrons. The number of amides is 2. The van der Waals surface area contributed by atoms with Gasteiger partial charge in [-0.25, -0.2) is 4.79 Å². The van der Waals surface area contributed by atoms with Gasteiger partial charge in [-0.15, -0.1) is 0 Å². The van der Waals surface area contributed by atoms with Crippen LogP contribution in [0.4, 0.5) is 10.5 Å². The van der Waals surface area contributed by atoms with Crippen LogP contribution in [0.15, 0.2) is 28.7 Å². The Balaban J connectivity index is 1.55. The van der Waals surface area contributed by atoms with Gasteiger partial charge in [0.15, 0.2) is 0 Å². The fourth-order valence-electron chi connectivity index (χ4n) is 3.74. The summed E-state index contributed by atoms with van der Waals surface area (Å²) in [6.45, 7) is 1.26. The van der Waals surface area contributed by atoms with Crippen molar-refractivity contribution in [1.29, 1.82) is 0 Å². The van der Waals surface area contributed by atoms with E-state index in [1.807, 2.05) is 29.2 Å². The van der Waals surface area contributed by atoms with Crippen molar-refractivity contribution in [3.8, 4) is 0 Å². The van der Waals surface area contributed by atoms with Crippen LogP contribution in [0, 0.1) is 5.92 Å². The van der Waals surface area contributed by atoms with Crippen molar-refractivity contribution in [2.45, 2.75) is 44.1 Å². The lowest BCUT2D eigenvalue weighted by atomic mass is 9.78. The smallest absolute Gasteiger partial charge is 0.321 e. The summed E-state index contributed by atoms with van der Waals surface area (Å²) >= 11 is 3.40. The number of urea groups is 1. The summed E-state index contributed by atoms with van der Waals surface area (Å²) in [6.07, 6.45) is 6.15. The fourth-order valence-corrected chi connectivity index (χ4v) is 4.14. The van der Waals surface area contributed by atoms with Crippen molar-refractivity contribution in [1.82, 2.24) is 4.90 Å². The highest BCUT2D eigenvalue weighted by molar-refractivity contribution is 9.10. The largest absolute Gasteiger partial charge is 0.389 e. The molecule has 1 aliphatic carbocycles. The third kappa shape index (κ3) is 3.46. The molecule has 22 heavy (non-hydrogen) atoms. The van der Waals surface area contributed by atoms with Crippen LogP contribution in [0.2, 0.25) is 0 Å². The van der Waals surface area contributed by atoms with Gasteiger partial charge in [0.1, 0.15) is 0 Å². The number of rotatable bonds is 2. The summed E-state index contributed by atoms with van der Waals surface area (Å²) in [5, 5.41) is 13.8. The maximum absolute atomic E-state index is 12.3. The Hall–Kier alpha value is -1.07. The molecule has 4 nitrogen and oxygen atoms in total. The van der Waals surface area contributed by atoms with E-state index in [0.717, 1.165) is 23.0 Å². The first-order valence-electron chi connectivity index (χ1n) is 8.11. The van der Waals surface area contributed by atoms with E-state index in [9.17, 15) is 9.90 Å². The quantitative estimate of drug-likeness (QED) is 0.830. The van der Waals surface area contributed by atoms with E-state index < -0.39 is 5.60 Å². The van der Waals surface area contributed by atoms with Crippen molar-refractivity contribution >= 4 is 27.6 Å². The first-order chi connectivity index (χ1) is 10.6. The number of nitrogens with zero attached hydrogens (tertiary/aromatic N) is 1. The number of hydrogen-bond donors (Lipinski definition) is 2. The lowest BCUT2D eigenvalue weighted by molar-refractivity contribution is -0.0574. The highest BCUT2D eigenvalue weighted by atomic mass is 79.9. The molecule has 2 N–H and O–H groups in total. The minimum atomic E-state index is -0.553. The summed E-state index contributed by atoms with van der Waals surface area (Å²) in [5.74, 6) is 0.433. The monoisotopic (exact) mass is 366 g/mol. The van der Waals surface area contributed by atoms with Crippen LogP contribution in [0.25, 0.3) is 0 Å². The molecule has 2 aliphatic rings. The van der Waals surface area contributed by atoms with Gasteiger partial charge < -0.3 is 15.3 Å². The molecule has 1 heterocycles. The molecule has 0 spiro atoms. The van der Waals surface area contributed by atoms with Crippen LogP contribution in [-0.4, -0.2) is 34.7 Å². The van der Waals surface area contributed by atoms with Gasteiger partial charge in [-0.2, -0.15) is 0 Å². The summed E-state index contributed by atoms with van der Waals surface area (Å²) < 4.78 is 0.944. The number of carbonyl (C=O) groups is 1. The van der Waals surface area contributed by atoms with Crippen molar-refractivity contribution < 1.29 is 9.90 Å². The predicted octanol–water partition coefficient (Wildman–Crippen LogP) is 4.00. The Morgan fingerprint density at radius 2 is 1.95 bits per heavy atom. The van der Waals surface area contributed by atoms with Crippen LogP contribution in [0.1, 0.15) is 38.5 Å². The van der Waals surface area contributed by atoms with E-state index in [2.05, 4.69) is 21.2 Å². The zero-order valence-electron chi connectivity index (χ0n) is 12.7. The van der Waals surface area contributed by atoms with Gasteiger partial charge >= 0.3 is 6.03 Å². The van der Waals surface area contributed by atoms with E-state index >= 15 is 0 Å². The van der Waals surface area contributed by atoms with Gasteiger partial charge in [0.2, 0.25) is 0 Å². The molecule has 3 rings (SSSR count). The third-order valence-corrected chi connectivity index (χ3v) is 5.60. The number of hydrogen-bond acceptors (Lipinski definition) is 2. The maximum atomic E-state index is 12.3. The summed E-state index contributed by atoms with van der Waals surface area (Å²) in [4.78, 5) is 14.1. The number of anilines is 1. The number of halogens is 1. The number of likely N-dealkylation sites (tertiary alicyclic amines) is 1. The maximum Gasteiger partial charge on any atom is 0.321 e. The van der Waals surface area contributed by atoms with Crippen LogP contribution in [0.5, 0.6) is 0 Å². The van der Waals surface area contributed by atoms with Crippen molar-refractivity contribution in [2.24, 2.45) is 5.92 Å². The lowest BCUT2D eigenvalue weighted by Gasteiger charge is -2.41. The average Bonchev–Trinajstić information content (AvgIpc) is 3.03. The van der Waals surface area contributed by atoms with E-state index in [1.165, 1.54) is 12.8 Å². The molecule has 1 saturated heterocycles. The van der Waals surface area contributed by atoms with E-state index in [4.69, 9.17) is 0 Å². The molecule has 1 aromatic rings. The summed E-state index contributed by atoms with van der Waals surface area (Å²) in [6, 6.07) is 7.51. The van der Waals surface area contributed by atoms with Crippen LogP contribution < -0.4 is 5.32 Å². The average molecular weight is 367 g/mol. The zero-order valence-corrected chi connectivity index (χ0v) is 14.3. The van der Waals surface area contributed by atoms with Crippen LogP contribution >= 0.6 is 15.9 Å². The molecule has 1 aliphatic heterocycles. The molecule has 2 fully saturated rings. The Morgan fingerprint density at radius 3 is 2.59 bits per heavy atom. The molecule has 0 unspecified atom stereocenters. The van der Waals surface area contributed by atoms with Crippen molar-refractivity contribution in [3.63, 3.8) is 0 Å². The molecule has 5 heteroatoms.